The first-order valence-electron chi connectivity index (χ1n) is 10.8. The minimum absolute atomic E-state index is 0.0972. The summed E-state index contributed by atoms with van der Waals surface area (Å²) in [6.45, 7) is 7.18. The average molecular weight is 494 g/mol. The van der Waals surface area contributed by atoms with Gasteiger partial charge in [0.25, 0.3) is 5.91 Å². The lowest BCUT2D eigenvalue weighted by atomic mass is 9.99. The number of hydrogen-bond donors (Lipinski definition) is 0. The van der Waals surface area contributed by atoms with E-state index in [-0.39, 0.29) is 11.8 Å². The summed E-state index contributed by atoms with van der Waals surface area (Å²) in [4.78, 5) is 35.2. The number of amides is 2. The molecule has 2 aliphatic rings. The smallest absolute Gasteiger partial charge is 0.289 e. The highest BCUT2D eigenvalue weighted by molar-refractivity contribution is 9.10. The van der Waals surface area contributed by atoms with Crippen LogP contribution in [0.25, 0.3) is 0 Å². The number of rotatable bonds is 6. The van der Waals surface area contributed by atoms with Crippen LogP contribution in [0.15, 0.2) is 25.7 Å². The third-order valence-corrected chi connectivity index (χ3v) is 6.43. The molecule has 0 aromatic carbocycles. The van der Waals surface area contributed by atoms with E-state index in [4.69, 9.17) is 8.94 Å². The van der Waals surface area contributed by atoms with E-state index in [9.17, 15) is 9.59 Å². The monoisotopic (exact) mass is 493 g/mol. The molecule has 4 rings (SSSR count). The summed E-state index contributed by atoms with van der Waals surface area (Å²) < 4.78 is 11.3. The van der Waals surface area contributed by atoms with Gasteiger partial charge in [-0.25, -0.2) is 0 Å². The van der Waals surface area contributed by atoms with Gasteiger partial charge in [0, 0.05) is 52.1 Å². The SMILES string of the molecule is CC1CCN(C(=O)CCc2nc(CN3CCN(C(=O)c4ccc(Br)o4)CC3)no2)CC1. The molecule has 0 saturated carbocycles. The standard InChI is InChI=1S/C21H28BrN5O4/c1-15-6-8-26(9-7-15)20(28)5-4-19-23-18(24-31-19)14-25-10-12-27(13-11-25)21(29)16-2-3-17(22)30-16/h2-3,15H,4-14H2,1H3. The van der Waals surface area contributed by atoms with E-state index < -0.39 is 0 Å². The number of halogens is 1. The number of carbonyl (C=O) groups is 2. The molecule has 0 bridgehead atoms. The van der Waals surface area contributed by atoms with Crippen molar-refractivity contribution >= 4 is 27.7 Å². The van der Waals surface area contributed by atoms with Gasteiger partial charge in [0.15, 0.2) is 16.3 Å². The number of carbonyl (C=O) groups excluding carboxylic acids is 2. The lowest BCUT2D eigenvalue weighted by Gasteiger charge is -2.33. The molecule has 2 aromatic rings. The second kappa shape index (κ2) is 9.95. The quantitative estimate of drug-likeness (QED) is 0.609. The Bertz CT molecular complexity index is 897. The Morgan fingerprint density at radius 3 is 2.52 bits per heavy atom. The highest BCUT2D eigenvalue weighted by atomic mass is 79.9. The second-order valence-electron chi connectivity index (χ2n) is 8.34. The largest absolute Gasteiger partial charge is 0.444 e. The predicted molar refractivity (Wildman–Crippen MR) is 115 cm³/mol. The van der Waals surface area contributed by atoms with E-state index in [1.54, 1.807) is 17.0 Å². The normalized spacial score (nSPS) is 18.5. The van der Waals surface area contributed by atoms with Crippen LogP contribution in [0.4, 0.5) is 0 Å². The third kappa shape index (κ3) is 5.74. The molecule has 0 radical (unpaired) electrons. The molecule has 2 amide bonds. The minimum atomic E-state index is -0.0972. The fourth-order valence-corrected chi connectivity index (χ4v) is 4.29. The summed E-state index contributed by atoms with van der Waals surface area (Å²) in [5.74, 6) is 2.23. The molecular formula is C21H28BrN5O4. The first-order valence-corrected chi connectivity index (χ1v) is 11.6. The molecule has 31 heavy (non-hydrogen) atoms. The molecule has 2 aromatic heterocycles. The van der Waals surface area contributed by atoms with Gasteiger partial charge in [-0.2, -0.15) is 4.98 Å². The number of likely N-dealkylation sites (tertiary alicyclic amines) is 1. The van der Waals surface area contributed by atoms with E-state index >= 15 is 0 Å². The Labute approximate surface area is 189 Å². The van der Waals surface area contributed by atoms with Crippen molar-refractivity contribution in [3.63, 3.8) is 0 Å². The number of hydrogen-bond acceptors (Lipinski definition) is 7. The van der Waals surface area contributed by atoms with Gasteiger partial charge >= 0.3 is 0 Å². The van der Waals surface area contributed by atoms with Crippen LogP contribution in [-0.2, 0) is 17.8 Å². The van der Waals surface area contributed by atoms with Crippen molar-refractivity contribution in [3.05, 3.63) is 34.3 Å². The molecule has 9 nitrogen and oxygen atoms in total. The lowest BCUT2D eigenvalue weighted by molar-refractivity contribution is -0.132. The van der Waals surface area contributed by atoms with Crippen molar-refractivity contribution in [2.45, 2.75) is 39.2 Å². The van der Waals surface area contributed by atoms with Gasteiger partial charge < -0.3 is 18.7 Å². The zero-order chi connectivity index (χ0) is 21.8. The van der Waals surface area contributed by atoms with Gasteiger partial charge in [0.05, 0.1) is 6.54 Å². The van der Waals surface area contributed by atoms with Gasteiger partial charge in [-0.15, -0.1) is 0 Å². The average Bonchev–Trinajstić information content (AvgIpc) is 3.41. The van der Waals surface area contributed by atoms with E-state index in [1.807, 2.05) is 4.90 Å². The first-order chi connectivity index (χ1) is 15.0. The van der Waals surface area contributed by atoms with Gasteiger partial charge in [-0.3, -0.25) is 14.5 Å². The van der Waals surface area contributed by atoms with Gasteiger partial charge in [-0.1, -0.05) is 12.1 Å². The summed E-state index contributed by atoms with van der Waals surface area (Å²) in [5, 5.41) is 4.06. The second-order valence-corrected chi connectivity index (χ2v) is 9.12. The predicted octanol–water partition coefficient (Wildman–Crippen LogP) is 2.57. The maximum atomic E-state index is 12.5. The summed E-state index contributed by atoms with van der Waals surface area (Å²) in [6, 6.07) is 3.40. The van der Waals surface area contributed by atoms with Crippen LogP contribution < -0.4 is 0 Å². The molecule has 168 valence electrons. The molecular weight excluding hydrogens is 466 g/mol. The molecule has 0 spiro atoms. The number of piperidine rings is 1. The van der Waals surface area contributed by atoms with Crippen LogP contribution in [0.1, 0.15) is 48.5 Å². The number of aromatic nitrogens is 2. The highest BCUT2D eigenvalue weighted by Crippen LogP contribution is 2.18. The van der Waals surface area contributed by atoms with Crippen molar-refractivity contribution < 1.29 is 18.5 Å². The van der Waals surface area contributed by atoms with Crippen molar-refractivity contribution in [1.82, 2.24) is 24.8 Å². The van der Waals surface area contributed by atoms with Crippen molar-refractivity contribution in [2.24, 2.45) is 5.92 Å². The number of nitrogens with zero attached hydrogens (tertiary/aromatic N) is 5. The minimum Gasteiger partial charge on any atom is -0.444 e. The summed E-state index contributed by atoms with van der Waals surface area (Å²) in [7, 11) is 0. The topological polar surface area (TPSA) is 95.9 Å². The third-order valence-electron chi connectivity index (χ3n) is 6.01. The van der Waals surface area contributed by atoms with Crippen LogP contribution >= 0.6 is 15.9 Å². The molecule has 0 aliphatic carbocycles. The maximum absolute atomic E-state index is 12.5. The molecule has 0 N–H and O–H groups in total. The number of furan rings is 1. The zero-order valence-electron chi connectivity index (χ0n) is 17.8. The van der Waals surface area contributed by atoms with Crippen molar-refractivity contribution in [2.75, 3.05) is 39.3 Å². The first kappa shape index (κ1) is 22.0. The lowest BCUT2D eigenvalue weighted by Crippen LogP contribution is -2.48. The fraction of sp³-hybridized carbons (Fsp3) is 0.619. The Morgan fingerprint density at radius 2 is 1.84 bits per heavy atom. The van der Waals surface area contributed by atoms with E-state index in [2.05, 4.69) is 37.9 Å². The number of aryl methyl sites for hydroxylation is 1. The summed E-state index contributed by atoms with van der Waals surface area (Å²) in [6.07, 6.45) is 3.03. The molecule has 2 aliphatic heterocycles. The number of piperazine rings is 1. The Hall–Kier alpha value is -2.20. The molecule has 2 fully saturated rings. The zero-order valence-corrected chi connectivity index (χ0v) is 19.3. The van der Waals surface area contributed by atoms with Crippen molar-refractivity contribution in [1.29, 1.82) is 0 Å². The van der Waals surface area contributed by atoms with E-state index in [1.165, 1.54) is 0 Å². The highest BCUT2D eigenvalue weighted by Gasteiger charge is 2.25. The molecule has 0 atom stereocenters. The van der Waals surface area contributed by atoms with Crippen LogP contribution in [-0.4, -0.2) is 75.9 Å². The molecule has 10 heteroatoms. The van der Waals surface area contributed by atoms with E-state index in [0.29, 0.717) is 60.5 Å². The molecule has 4 heterocycles. The fourth-order valence-electron chi connectivity index (χ4n) is 3.98. The maximum Gasteiger partial charge on any atom is 0.289 e. The van der Waals surface area contributed by atoms with Gasteiger partial charge in [0.1, 0.15) is 0 Å². The van der Waals surface area contributed by atoms with Crippen LogP contribution in [0.2, 0.25) is 0 Å². The molecule has 2 saturated heterocycles. The Kier molecular flexibility index (Phi) is 7.06. The summed E-state index contributed by atoms with van der Waals surface area (Å²) >= 11 is 3.22. The Balaban J connectivity index is 1.20. The van der Waals surface area contributed by atoms with Crippen LogP contribution in [0.3, 0.4) is 0 Å². The summed E-state index contributed by atoms with van der Waals surface area (Å²) in [5.41, 5.74) is 0. The molecule has 0 unspecified atom stereocenters. The van der Waals surface area contributed by atoms with Crippen LogP contribution in [0.5, 0.6) is 0 Å². The van der Waals surface area contributed by atoms with Gasteiger partial charge in [-0.05, 0) is 46.8 Å². The van der Waals surface area contributed by atoms with Gasteiger partial charge in [0.2, 0.25) is 11.8 Å². The van der Waals surface area contributed by atoms with Crippen LogP contribution in [0, 0.1) is 5.92 Å². The van der Waals surface area contributed by atoms with E-state index in [0.717, 1.165) is 39.0 Å². The van der Waals surface area contributed by atoms with Crippen molar-refractivity contribution in [3.8, 4) is 0 Å². The Morgan fingerprint density at radius 1 is 1.10 bits per heavy atom.